The Morgan fingerprint density at radius 2 is 1.47 bits per heavy atom. The van der Waals surface area contributed by atoms with E-state index in [2.05, 4.69) is 48.3 Å². The lowest BCUT2D eigenvalue weighted by Crippen LogP contribution is -2.15. The highest BCUT2D eigenvalue weighted by atomic mass is 14.8. The molecule has 0 radical (unpaired) electrons. The Morgan fingerprint density at radius 3 is 2.12 bits per heavy atom. The van der Waals surface area contributed by atoms with Gasteiger partial charge in [-0.15, -0.1) is 0 Å². The zero-order valence-electron chi connectivity index (χ0n) is 9.89. The van der Waals surface area contributed by atoms with E-state index in [-0.39, 0.29) is 0 Å². The van der Waals surface area contributed by atoms with Crippen LogP contribution in [0.1, 0.15) is 11.1 Å². The minimum Gasteiger partial charge on any atom is -0.309 e. The largest absolute Gasteiger partial charge is 0.309 e. The zero-order valence-corrected chi connectivity index (χ0v) is 9.89. The van der Waals surface area contributed by atoms with Crippen LogP contribution < -0.4 is 5.32 Å². The fraction of sp³-hybridized carbons (Fsp3) is 0.125. The van der Waals surface area contributed by atoms with E-state index in [9.17, 15) is 0 Å². The van der Waals surface area contributed by atoms with Gasteiger partial charge in [0.05, 0.1) is 0 Å². The Kier molecular flexibility index (Phi) is 4.11. The number of nitrogens with one attached hydrogen (secondary N) is 1. The van der Waals surface area contributed by atoms with Gasteiger partial charge in [-0.3, -0.25) is 0 Å². The van der Waals surface area contributed by atoms with E-state index in [1.165, 1.54) is 11.1 Å². The molecule has 1 N–H and O–H groups in total. The maximum atomic E-state index is 4.09. The molecule has 0 aliphatic carbocycles. The minimum atomic E-state index is 0.818. The van der Waals surface area contributed by atoms with Crippen molar-refractivity contribution < 1.29 is 0 Å². The normalized spacial score (nSPS) is 10.1. The highest BCUT2D eigenvalue weighted by Gasteiger charge is 1.97. The van der Waals surface area contributed by atoms with Gasteiger partial charge in [0, 0.05) is 13.1 Å². The van der Waals surface area contributed by atoms with Crippen LogP contribution in [0.3, 0.4) is 0 Å². The molecule has 1 nitrogen and oxygen atoms in total. The Bertz CT molecular complexity index is 459. The summed E-state index contributed by atoms with van der Waals surface area (Å²) in [6.07, 6.45) is 0. The lowest BCUT2D eigenvalue weighted by Gasteiger charge is -2.08. The van der Waals surface area contributed by atoms with Gasteiger partial charge in [0.25, 0.3) is 0 Å². The molecule has 0 saturated heterocycles. The first-order chi connectivity index (χ1) is 8.36. The zero-order chi connectivity index (χ0) is 11.9. The summed E-state index contributed by atoms with van der Waals surface area (Å²) >= 11 is 0. The van der Waals surface area contributed by atoms with E-state index in [0.29, 0.717) is 0 Å². The second-order valence-electron chi connectivity index (χ2n) is 4.06. The molecule has 0 amide bonds. The van der Waals surface area contributed by atoms with Crippen LogP contribution in [0.2, 0.25) is 0 Å². The van der Waals surface area contributed by atoms with Gasteiger partial charge in [-0.25, -0.2) is 0 Å². The van der Waals surface area contributed by atoms with Gasteiger partial charge in [-0.05, 0) is 16.7 Å². The van der Waals surface area contributed by atoms with E-state index in [4.69, 9.17) is 0 Å². The third-order valence-corrected chi connectivity index (χ3v) is 2.69. The molecule has 0 aliphatic rings. The van der Waals surface area contributed by atoms with Crippen molar-refractivity contribution in [2.24, 2.45) is 0 Å². The molecule has 0 aromatic heterocycles. The number of rotatable bonds is 5. The third-order valence-electron chi connectivity index (χ3n) is 2.69. The average molecular weight is 223 g/mol. The highest BCUT2D eigenvalue weighted by Crippen LogP contribution is 2.10. The molecule has 0 saturated carbocycles. The first-order valence-corrected chi connectivity index (χ1v) is 5.84. The number of hydrogen-bond acceptors (Lipinski definition) is 1. The van der Waals surface area contributed by atoms with Crippen LogP contribution in [-0.2, 0) is 6.54 Å². The van der Waals surface area contributed by atoms with Crippen LogP contribution in [0.15, 0.2) is 67.2 Å². The van der Waals surface area contributed by atoms with Crippen molar-refractivity contribution in [3.8, 4) is 0 Å². The van der Waals surface area contributed by atoms with Gasteiger partial charge in [0.15, 0.2) is 0 Å². The molecule has 0 fully saturated rings. The molecular weight excluding hydrogens is 206 g/mol. The summed E-state index contributed by atoms with van der Waals surface area (Å²) < 4.78 is 0. The molecule has 2 aromatic rings. The average Bonchev–Trinajstić information content (AvgIpc) is 2.41. The van der Waals surface area contributed by atoms with Crippen LogP contribution in [0.25, 0.3) is 5.57 Å². The number of hydrogen-bond donors (Lipinski definition) is 1. The maximum absolute atomic E-state index is 4.09. The maximum Gasteiger partial charge on any atom is 0.0208 e. The van der Waals surface area contributed by atoms with Crippen LogP contribution in [0.4, 0.5) is 0 Å². The third kappa shape index (κ3) is 3.58. The second-order valence-corrected chi connectivity index (χ2v) is 4.06. The van der Waals surface area contributed by atoms with Crippen LogP contribution in [0, 0.1) is 0 Å². The van der Waals surface area contributed by atoms with Gasteiger partial charge in [-0.1, -0.05) is 67.2 Å². The SMILES string of the molecule is C=C(CNCc1ccccc1)c1ccccc1. The van der Waals surface area contributed by atoms with Gasteiger partial charge < -0.3 is 5.32 Å². The lowest BCUT2D eigenvalue weighted by atomic mass is 10.1. The minimum absolute atomic E-state index is 0.818. The molecule has 0 unspecified atom stereocenters. The van der Waals surface area contributed by atoms with Crippen molar-refractivity contribution >= 4 is 5.57 Å². The van der Waals surface area contributed by atoms with E-state index in [1.54, 1.807) is 0 Å². The molecule has 0 atom stereocenters. The Labute approximate surface area is 103 Å². The van der Waals surface area contributed by atoms with Gasteiger partial charge in [0.1, 0.15) is 0 Å². The molecule has 0 heterocycles. The summed E-state index contributed by atoms with van der Waals surface area (Å²) in [5.74, 6) is 0. The van der Waals surface area contributed by atoms with Crippen molar-refractivity contribution in [2.45, 2.75) is 6.54 Å². The van der Waals surface area contributed by atoms with Crippen molar-refractivity contribution in [2.75, 3.05) is 6.54 Å². The molecule has 17 heavy (non-hydrogen) atoms. The Hall–Kier alpha value is -1.86. The van der Waals surface area contributed by atoms with Gasteiger partial charge >= 0.3 is 0 Å². The molecule has 0 bridgehead atoms. The summed E-state index contributed by atoms with van der Waals surface area (Å²) in [7, 11) is 0. The van der Waals surface area contributed by atoms with Crippen LogP contribution in [0.5, 0.6) is 0 Å². The molecule has 2 aromatic carbocycles. The fourth-order valence-electron chi connectivity index (χ4n) is 1.73. The van der Waals surface area contributed by atoms with E-state index in [1.807, 2.05) is 24.3 Å². The monoisotopic (exact) mass is 223 g/mol. The summed E-state index contributed by atoms with van der Waals surface area (Å²) in [6, 6.07) is 20.7. The van der Waals surface area contributed by atoms with E-state index >= 15 is 0 Å². The molecular formula is C16H17N. The topological polar surface area (TPSA) is 12.0 Å². The summed E-state index contributed by atoms with van der Waals surface area (Å²) in [5.41, 5.74) is 3.63. The molecule has 86 valence electrons. The molecule has 1 heteroatoms. The quantitative estimate of drug-likeness (QED) is 0.818. The standard InChI is InChI=1S/C16H17N/c1-14(16-10-6-3-7-11-16)12-17-13-15-8-4-2-5-9-15/h2-11,17H,1,12-13H2. The van der Waals surface area contributed by atoms with Crippen LogP contribution >= 0.6 is 0 Å². The summed E-state index contributed by atoms with van der Waals surface area (Å²) in [6.45, 7) is 5.79. The van der Waals surface area contributed by atoms with Gasteiger partial charge in [-0.2, -0.15) is 0 Å². The van der Waals surface area contributed by atoms with E-state index < -0.39 is 0 Å². The van der Waals surface area contributed by atoms with Crippen LogP contribution in [-0.4, -0.2) is 6.54 Å². The summed E-state index contributed by atoms with van der Waals surface area (Å²) in [5, 5.41) is 3.40. The number of benzene rings is 2. The second kappa shape index (κ2) is 6.02. The predicted molar refractivity (Wildman–Crippen MR) is 73.6 cm³/mol. The lowest BCUT2D eigenvalue weighted by molar-refractivity contribution is 0.768. The Morgan fingerprint density at radius 1 is 0.882 bits per heavy atom. The first-order valence-electron chi connectivity index (χ1n) is 5.84. The van der Waals surface area contributed by atoms with E-state index in [0.717, 1.165) is 18.7 Å². The van der Waals surface area contributed by atoms with Crippen molar-refractivity contribution in [1.29, 1.82) is 0 Å². The highest BCUT2D eigenvalue weighted by molar-refractivity contribution is 5.64. The first kappa shape index (κ1) is 11.6. The molecule has 0 spiro atoms. The Balaban J connectivity index is 1.82. The molecule has 2 rings (SSSR count). The molecule has 0 aliphatic heterocycles. The predicted octanol–water partition coefficient (Wildman–Crippen LogP) is 3.49. The fourth-order valence-corrected chi connectivity index (χ4v) is 1.73. The van der Waals surface area contributed by atoms with Crippen molar-refractivity contribution in [3.05, 3.63) is 78.4 Å². The van der Waals surface area contributed by atoms with Crippen molar-refractivity contribution in [3.63, 3.8) is 0 Å². The summed E-state index contributed by atoms with van der Waals surface area (Å²) in [4.78, 5) is 0. The van der Waals surface area contributed by atoms with Crippen molar-refractivity contribution in [1.82, 2.24) is 5.32 Å². The smallest absolute Gasteiger partial charge is 0.0208 e. The van der Waals surface area contributed by atoms with Gasteiger partial charge in [0.2, 0.25) is 0 Å².